The molecule has 0 aliphatic carbocycles. The molecule has 3 N–H and O–H groups in total. The Morgan fingerprint density at radius 2 is 1.13 bits per heavy atom. The average molecular weight is 768 g/mol. The number of allylic oxidation sites excluding steroid dienone is 7. The van der Waals surface area contributed by atoms with Crippen molar-refractivity contribution >= 4 is 13.7 Å². The Hall–Kier alpha value is -1.54. The summed E-state index contributed by atoms with van der Waals surface area (Å²) in [6.45, 7) is 4.68. The molecule has 310 valence electrons. The molecule has 0 aromatic carbocycles. The summed E-state index contributed by atoms with van der Waals surface area (Å²) in [5.74, 6) is -0.190. The van der Waals surface area contributed by atoms with Gasteiger partial charge in [-0.1, -0.05) is 165 Å². The van der Waals surface area contributed by atoms with Gasteiger partial charge in [-0.3, -0.25) is 13.8 Å². The number of aliphatic hydroxyl groups is 1. The molecule has 53 heavy (non-hydrogen) atoms. The van der Waals surface area contributed by atoms with Crippen LogP contribution in [0.15, 0.2) is 48.6 Å². The maximum Gasteiger partial charge on any atom is 0.472 e. The van der Waals surface area contributed by atoms with E-state index < -0.39 is 20.0 Å². The van der Waals surface area contributed by atoms with E-state index in [1.54, 1.807) is 6.08 Å². The average Bonchev–Trinajstić information content (AvgIpc) is 3.10. The number of rotatable bonds is 38. The lowest BCUT2D eigenvalue weighted by molar-refractivity contribution is -0.870. The molecule has 9 heteroatoms. The molecule has 0 saturated carbocycles. The van der Waals surface area contributed by atoms with Crippen molar-refractivity contribution in [1.82, 2.24) is 5.32 Å². The molecule has 1 amide bonds. The molecule has 3 unspecified atom stereocenters. The van der Waals surface area contributed by atoms with Crippen molar-refractivity contribution in [1.29, 1.82) is 0 Å². The Labute approximate surface area is 327 Å². The number of hydrogen-bond acceptors (Lipinski definition) is 5. The number of likely N-dealkylation sites (N-methyl/N-ethyl adjacent to an activating group) is 1. The second-order valence-electron chi connectivity index (χ2n) is 15.7. The van der Waals surface area contributed by atoms with Crippen molar-refractivity contribution in [2.45, 2.75) is 187 Å². The number of quaternary nitrogens is 1. The summed E-state index contributed by atoms with van der Waals surface area (Å²) in [4.78, 5) is 23.1. The van der Waals surface area contributed by atoms with Gasteiger partial charge in [0.15, 0.2) is 0 Å². The van der Waals surface area contributed by atoms with E-state index in [1.807, 2.05) is 27.2 Å². The molecule has 0 aromatic heterocycles. The smallest absolute Gasteiger partial charge is 0.387 e. The highest BCUT2D eigenvalue weighted by Gasteiger charge is 2.27. The Balaban J connectivity index is 4.47. The van der Waals surface area contributed by atoms with Crippen molar-refractivity contribution in [3.05, 3.63) is 48.6 Å². The van der Waals surface area contributed by atoms with Crippen molar-refractivity contribution in [2.24, 2.45) is 0 Å². The number of hydrogen-bond donors (Lipinski definition) is 3. The lowest BCUT2D eigenvalue weighted by Gasteiger charge is -2.25. The second-order valence-corrected chi connectivity index (χ2v) is 17.1. The maximum absolute atomic E-state index is 12.8. The molecule has 0 spiro atoms. The van der Waals surface area contributed by atoms with Crippen LogP contribution >= 0.6 is 7.82 Å². The van der Waals surface area contributed by atoms with Gasteiger partial charge in [0.2, 0.25) is 5.91 Å². The first-order valence-corrected chi connectivity index (χ1v) is 23.0. The van der Waals surface area contributed by atoms with Crippen LogP contribution in [0.1, 0.15) is 174 Å². The summed E-state index contributed by atoms with van der Waals surface area (Å²) in [6.07, 6.45) is 44.5. The Kier molecular flexibility index (Phi) is 35.1. The van der Waals surface area contributed by atoms with Gasteiger partial charge in [-0.05, 0) is 51.4 Å². The highest BCUT2D eigenvalue weighted by Crippen LogP contribution is 2.43. The number of unbranched alkanes of at least 4 members (excludes halogenated alkanes) is 19. The van der Waals surface area contributed by atoms with Crippen molar-refractivity contribution in [3.8, 4) is 0 Å². The number of nitrogens with one attached hydrogen (secondary N) is 1. The van der Waals surface area contributed by atoms with Crippen molar-refractivity contribution in [2.75, 3.05) is 40.9 Å². The van der Waals surface area contributed by atoms with Crippen LogP contribution in [0.4, 0.5) is 0 Å². The van der Waals surface area contributed by atoms with Crippen molar-refractivity contribution < 1.29 is 32.9 Å². The minimum atomic E-state index is -4.34. The van der Waals surface area contributed by atoms with Gasteiger partial charge in [0, 0.05) is 6.42 Å². The van der Waals surface area contributed by atoms with Crippen molar-refractivity contribution in [3.63, 3.8) is 0 Å². The number of amides is 1. The van der Waals surface area contributed by atoms with Gasteiger partial charge in [0.05, 0.1) is 39.9 Å². The fourth-order valence-electron chi connectivity index (χ4n) is 5.88. The fraction of sp³-hybridized carbons (Fsp3) is 0.795. The lowest BCUT2D eigenvalue weighted by atomic mass is 10.0. The predicted molar refractivity (Wildman–Crippen MR) is 226 cm³/mol. The molecule has 0 saturated heterocycles. The van der Waals surface area contributed by atoms with Gasteiger partial charge in [0.1, 0.15) is 13.2 Å². The van der Waals surface area contributed by atoms with Crippen LogP contribution in [0.5, 0.6) is 0 Å². The zero-order chi connectivity index (χ0) is 39.3. The lowest BCUT2D eigenvalue weighted by Crippen LogP contribution is -2.45. The van der Waals surface area contributed by atoms with Crippen LogP contribution in [0.25, 0.3) is 0 Å². The van der Waals surface area contributed by atoms with E-state index in [0.717, 1.165) is 64.2 Å². The number of phosphoric ester groups is 1. The normalized spacial score (nSPS) is 14.9. The summed E-state index contributed by atoms with van der Waals surface area (Å²) in [5, 5.41) is 13.8. The third-order valence-corrected chi connectivity index (χ3v) is 10.3. The fourth-order valence-corrected chi connectivity index (χ4v) is 6.61. The summed E-state index contributed by atoms with van der Waals surface area (Å²) in [7, 11) is 1.56. The molecule has 0 aliphatic rings. The molecule has 0 aromatic rings. The number of carbonyl (C=O) groups is 1. The van der Waals surface area contributed by atoms with Gasteiger partial charge in [-0.2, -0.15) is 0 Å². The highest BCUT2D eigenvalue weighted by molar-refractivity contribution is 7.47. The molecule has 0 radical (unpaired) electrons. The number of carbonyl (C=O) groups excluding carboxylic acids is 1. The van der Waals surface area contributed by atoms with Gasteiger partial charge < -0.3 is 19.8 Å². The van der Waals surface area contributed by atoms with Crippen LogP contribution in [-0.4, -0.2) is 73.4 Å². The zero-order valence-corrected chi connectivity index (χ0v) is 35.9. The number of nitrogens with zero attached hydrogens (tertiary/aromatic N) is 1. The van der Waals surface area contributed by atoms with E-state index in [1.165, 1.54) is 89.9 Å². The maximum atomic E-state index is 12.8. The molecule has 0 bridgehead atoms. The van der Waals surface area contributed by atoms with Crippen LogP contribution in [-0.2, 0) is 18.4 Å². The standard InChI is InChI=1S/C44H83N2O6P/c1-6-8-10-12-14-16-18-20-22-23-24-26-28-30-32-34-36-38-44(48)45-42(41-52-53(49,50)51-40-39-46(3,4)5)43(47)37-35-33-31-29-27-25-21-19-17-15-13-11-9-7-2/h8,10,14,16,20,22,35,37,42-43,47H,6-7,9,11-13,15,17-19,21,23-34,36,38-41H2,1-5H3,(H-,45,48,49,50)/p+1/b10-8-,16-14-,22-20-,37-35+. The quantitative estimate of drug-likeness (QED) is 0.0250. The van der Waals surface area contributed by atoms with E-state index >= 15 is 0 Å². The van der Waals surface area contributed by atoms with E-state index in [0.29, 0.717) is 17.4 Å². The molecule has 0 heterocycles. The molecule has 0 fully saturated rings. The SMILES string of the molecule is CC/C=C\C/C=C\C/C=C\CCCCCCCCCC(=O)NC(COP(=O)(O)OCC[N+](C)(C)C)C(O)/C=C/CCCCCCCCCCCCCC. The van der Waals surface area contributed by atoms with E-state index in [4.69, 9.17) is 9.05 Å². The van der Waals surface area contributed by atoms with Gasteiger partial charge in [-0.15, -0.1) is 0 Å². The monoisotopic (exact) mass is 768 g/mol. The van der Waals surface area contributed by atoms with E-state index in [9.17, 15) is 19.4 Å². The predicted octanol–water partition coefficient (Wildman–Crippen LogP) is 11.7. The van der Waals surface area contributed by atoms with E-state index in [2.05, 4.69) is 55.6 Å². The summed E-state index contributed by atoms with van der Waals surface area (Å²) >= 11 is 0. The molecule has 0 aliphatic heterocycles. The molecule has 3 atom stereocenters. The van der Waals surface area contributed by atoms with Crippen LogP contribution in [0.3, 0.4) is 0 Å². The Morgan fingerprint density at radius 3 is 1.66 bits per heavy atom. The largest absolute Gasteiger partial charge is 0.472 e. The van der Waals surface area contributed by atoms with Crippen LogP contribution in [0, 0.1) is 0 Å². The van der Waals surface area contributed by atoms with Gasteiger partial charge in [-0.25, -0.2) is 4.57 Å². The summed E-state index contributed by atoms with van der Waals surface area (Å²) < 4.78 is 23.5. The number of phosphoric acid groups is 1. The van der Waals surface area contributed by atoms with Crippen LogP contribution < -0.4 is 5.32 Å². The Morgan fingerprint density at radius 1 is 0.660 bits per heavy atom. The Bertz CT molecular complexity index is 1010. The molecule has 0 rings (SSSR count). The minimum absolute atomic E-state index is 0.0578. The van der Waals surface area contributed by atoms with Gasteiger partial charge in [0.25, 0.3) is 0 Å². The summed E-state index contributed by atoms with van der Waals surface area (Å²) in [5.41, 5.74) is 0. The first-order chi connectivity index (χ1) is 25.5. The van der Waals surface area contributed by atoms with E-state index in [-0.39, 0.29) is 19.1 Å². The van der Waals surface area contributed by atoms with Crippen LogP contribution in [0.2, 0.25) is 0 Å². The highest BCUT2D eigenvalue weighted by atomic mass is 31.2. The van der Waals surface area contributed by atoms with Gasteiger partial charge >= 0.3 is 7.82 Å². The third-order valence-electron chi connectivity index (χ3n) is 9.30. The molecular formula is C44H84N2O6P+. The topological polar surface area (TPSA) is 105 Å². The molecule has 8 nitrogen and oxygen atoms in total. The minimum Gasteiger partial charge on any atom is -0.387 e. The first-order valence-electron chi connectivity index (χ1n) is 21.5. The number of aliphatic hydroxyl groups excluding tert-OH is 1. The molecular weight excluding hydrogens is 683 g/mol. The zero-order valence-electron chi connectivity index (χ0n) is 35.0. The third kappa shape index (κ3) is 38.5. The summed E-state index contributed by atoms with van der Waals surface area (Å²) in [6, 6.07) is -0.851. The first kappa shape index (κ1) is 51.5. The second kappa shape index (κ2) is 36.1.